The summed E-state index contributed by atoms with van der Waals surface area (Å²) in [7, 11) is 1.61. The first-order valence-corrected chi connectivity index (χ1v) is 9.37. The number of amides is 1. The van der Waals surface area contributed by atoms with Crippen molar-refractivity contribution in [3.63, 3.8) is 0 Å². The first-order chi connectivity index (χ1) is 13.6. The van der Waals surface area contributed by atoms with Crippen molar-refractivity contribution < 1.29 is 14.3 Å². The van der Waals surface area contributed by atoms with Crippen molar-refractivity contribution in [1.82, 2.24) is 19.8 Å². The normalized spacial score (nSPS) is 10.8. The van der Waals surface area contributed by atoms with Gasteiger partial charge in [-0.05, 0) is 48.5 Å². The predicted molar refractivity (Wildman–Crippen MR) is 106 cm³/mol. The Morgan fingerprint density at radius 2 is 1.82 bits per heavy atom. The number of methoxy groups -OCH3 is 1. The lowest BCUT2D eigenvalue weighted by atomic mass is 10.2. The number of rotatable bonds is 6. The average Bonchev–Trinajstić information content (AvgIpc) is 3.28. The molecule has 0 spiro atoms. The smallest absolute Gasteiger partial charge is 0.264 e. The Morgan fingerprint density at radius 1 is 1.11 bits per heavy atom. The molecule has 2 aromatic carbocycles. The monoisotopic (exact) mass is 415 g/mol. The van der Waals surface area contributed by atoms with E-state index in [9.17, 15) is 4.79 Å². The second kappa shape index (κ2) is 7.83. The number of fused-ring (bicyclic) bond motifs is 1. The van der Waals surface area contributed by atoms with E-state index in [-0.39, 0.29) is 12.5 Å². The van der Waals surface area contributed by atoms with Crippen molar-refractivity contribution in [2.24, 2.45) is 0 Å². The van der Waals surface area contributed by atoms with Crippen molar-refractivity contribution in [3.05, 3.63) is 53.6 Å². The highest BCUT2D eigenvalue weighted by atomic mass is 35.5. The van der Waals surface area contributed by atoms with Crippen LogP contribution in [-0.4, -0.2) is 39.4 Å². The van der Waals surface area contributed by atoms with E-state index >= 15 is 0 Å². The third kappa shape index (κ3) is 3.90. The summed E-state index contributed by atoms with van der Waals surface area (Å²) in [5.41, 5.74) is 0.836. The lowest BCUT2D eigenvalue weighted by molar-refractivity contribution is -0.118. The second-order valence-corrected chi connectivity index (χ2v) is 7.04. The van der Waals surface area contributed by atoms with E-state index in [1.54, 1.807) is 35.9 Å². The standard InChI is InChI=1S/C18H14ClN5O3S/c1-26-13-6-2-11(3-7-13)16-21-22-18-24(16)23-17(28-18)20-15(25)10-27-14-8-4-12(19)5-9-14/h2-9H,10H2,1H3,(H,20,23,25). The van der Waals surface area contributed by atoms with Gasteiger partial charge in [-0.15, -0.1) is 15.3 Å². The molecule has 2 aromatic heterocycles. The van der Waals surface area contributed by atoms with Crippen molar-refractivity contribution in [2.45, 2.75) is 0 Å². The van der Waals surface area contributed by atoms with Crippen molar-refractivity contribution in [2.75, 3.05) is 19.0 Å². The lowest BCUT2D eigenvalue weighted by Crippen LogP contribution is -2.20. The summed E-state index contributed by atoms with van der Waals surface area (Å²) in [5, 5.41) is 16.4. The molecule has 1 N–H and O–H groups in total. The Balaban J connectivity index is 1.45. The predicted octanol–water partition coefficient (Wildman–Crippen LogP) is 3.53. The fourth-order valence-corrected chi connectivity index (χ4v) is 3.30. The number of anilines is 1. The van der Waals surface area contributed by atoms with Crippen LogP contribution < -0.4 is 14.8 Å². The Hall–Kier alpha value is -3.17. The number of carbonyl (C=O) groups is 1. The molecule has 0 fully saturated rings. The van der Waals surface area contributed by atoms with Crippen LogP contribution in [0.2, 0.25) is 5.02 Å². The van der Waals surface area contributed by atoms with E-state index in [0.29, 0.717) is 26.7 Å². The van der Waals surface area contributed by atoms with Gasteiger partial charge in [0.2, 0.25) is 10.1 Å². The molecule has 0 unspecified atom stereocenters. The zero-order valence-corrected chi connectivity index (χ0v) is 16.2. The Kier molecular flexibility index (Phi) is 5.09. The SMILES string of the molecule is COc1ccc(-c2nnc3sc(NC(=O)COc4ccc(Cl)cc4)nn23)cc1. The molecule has 1 amide bonds. The summed E-state index contributed by atoms with van der Waals surface area (Å²) < 4.78 is 12.2. The van der Waals surface area contributed by atoms with Gasteiger partial charge in [-0.3, -0.25) is 10.1 Å². The van der Waals surface area contributed by atoms with E-state index in [2.05, 4.69) is 20.6 Å². The van der Waals surface area contributed by atoms with Crippen LogP contribution in [-0.2, 0) is 4.79 Å². The number of ether oxygens (including phenoxy) is 2. The molecule has 0 atom stereocenters. The molecule has 0 aliphatic heterocycles. The van der Waals surface area contributed by atoms with Gasteiger partial charge in [-0.25, -0.2) is 0 Å². The zero-order chi connectivity index (χ0) is 19.5. The van der Waals surface area contributed by atoms with Gasteiger partial charge in [0.25, 0.3) is 5.91 Å². The number of halogens is 1. The molecule has 4 aromatic rings. The van der Waals surface area contributed by atoms with Gasteiger partial charge in [-0.1, -0.05) is 22.9 Å². The number of carbonyl (C=O) groups excluding carboxylic acids is 1. The highest BCUT2D eigenvalue weighted by Crippen LogP contribution is 2.25. The van der Waals surface area contributed by atoms with Crippen LogP contribution in [0.15, 0.2) is 48.5 Å². The maximum atomic E-state index is 12.1. The maximum Gasteiger partial charge on any atom is 0.264 e. The largest absolute Gasteiger partial charge is 0.497 e. The minimum atomic E-state index is -0.328. The van der Waals surface area contributed by atoms with Crippen LogP contribution in [0.4, 0.5) is 5.13 Å². The quantitative estimate of drug-likeness (QED) is 0.518. The molecule has 0 bridgehead atoms. The van der Waals surface area contributed by atoms with Gasteiger partial charge in [0, 0.05) is 10.6 Å². The fraction of sp³-hybridized carbons (Fsp3) is 0.111. The van der Waals surface area contributed by atoms with Crippen molar-refractivity contribution in [3.8, 4) is 22.9 Å². The number of aromatic nitrogens is 4. The molecular weight excluding hydrogens is 402 g/mol. The van der Waals surface area contributed by atoms with Gasteiger partial charge < -0.3 is 9.47 Å². The number of nitrogens with zero attached hydrogens (tertiary/aromatic N) is 4. The molecule has 0 aliphatic rings. The third-order valence-corrected chi connectivity index (χ3v) is 4.84. The van der Waals surface area contributed by atoms with Gasteiger partial charge >= 0.3 is 0 Å². The van der Waals surface area contributed by atoms with E-state index < -0.39 is 0 Å². The lowest BCUT2D eigenvalue weighted by Gasteiger charge is -2.05. The van der Waals surface area contributed by atoms with Crippen LogP contribution in [0.3, 0.4) is 0 Å². The minimum absolute atomic E-state index is 0.146. The van der Waals surface area contributed by atoms with Crippen LogP contribution in [0, 0.1) is 0 Å². The van der Waals surface area contributed by atoms with Crippen LogP contribution in [0.5, 0.6) is 11.5 Å². The summed E-state index contributed by atoms with van der Waals surface area (Å²) in [6.07, 6.45) is 0. The van der Waals surface area contributed by atoms with Crippen molar-refractivity contribution >= 4 is 38.9 Å². The maximum absolute atomic E-state index is 12.1. The minimum Gasteiger partial charge on any atom is -0.497 e. The highest BCUT2D eigenvalue weighted by Gasteiger charge is 2.15. The van der Waals surface area contributed by atoms with Crippen LogP contribution >= 0.6 is 22.9 Å². The topological polar surface area (TPSA) is 90.6 Å². The summed E-state index contributed by atoms with van der Waals surface area (Å²) in [5.74, 6) is 1.55. The highest BCUT2D eigenvalue weighted by molar-refractivity contribution is 7.20. The molecule has 10 heteroatoms. The molecule has 4 rings (SSSR count). The number of hydrogen-bond acceptors (Lipinski definition) is 7. The summed E-state index contributed by atoms with van der Waals surface area (Å²) >= 11 is 7.04. The molecule has 142 valence electrons. The number of benzene rings is 2. The Morgan fingerprint density at radius 3 is 2.54 bits per heavy atom. The van der Waals surface area contributed by atoms with Gasteiger partial charge in [0.1, 0.15) is 11.5 Å². The van der Waals surface area contributed by atoms with E-state index in [1.807, 2.05) is 24.3 Å². The van der Waals surface area contributed by atoms with Crippen LogP contribution in [0.1, 0.15) is 0 Å². The third-order valence-electron chi connectivity index (χ3n) is 3.77. The first kappa shape index (κ1) is 18.2. The van der Waals surface area contributed by atoms with Crippen LogP contribution in [0.25, 0.3) is 16.3 Å². The van der Waals surface area contributed by atoms with E-state index in [1.165, 1.54) is 11.3 Å². The molecule has 0 saturated carbocycles. The van der Waals surface area contributed by atoms with Gasteiger partial charge in [0.15, 0.2) is 12.4 Å². The van der Waals surface area contributed by atoms with Crippen molar-refractivity contribution in [1.29, 1.82) is 0 Å². The zero-order valence-electron chi connectivity index (χ0n) is 14.6. The molecule has 0 saturated heterocycles. The summed E-state index contributed by atoms with van der Waals surface area (Å²) in [4.78, 5) is 12.7. The first-order valence-electron chi connectivity index (χ1n) is 8.17. The van der Waals surface area contributed by atoms with Gasteiger partial charge in [0.05, 0.1) is 7.11 Å². The van der Waals surface area contributed by atoms with E-state index in [4.69, 9.17) is 21.1 Å². The molecule has 2 heterocycles. The number of hydrogen-bond donors (Lipinski definition) is 1. The Labute approximate surface area is 168 Å². The van der Waals surface area contributed by atoms with E-state index in [0.717, 1.165) is 11.3 Å². The Bertz CT molecular complexity index is 1110. The molecular formula is C18H14ClN5O3S. The molecule has 0 aliphatic carbocycles. The molecule has 8 nitrogen and oxygen atoms in total. The van der Waals surface area contributed by atoms with Gasteiger partial charge in [-0.2, -0.15) is 4.52 Å². The molecule has 0 radical (unpaired) electrons. The molecule has 28 heavy (non-hydrogen) atoms. The fourth-order valence-electron chi connectivity index (χ4n) is 2.42. The number of nitrogens with one attached hydrogen (secondary N) is 1. The second-order valence-electron chi connectivity index (χ2n) is 5.64. The summed E-state index contributed by atoms with van der Waals surface area (Å²) in [6.45, 7) is -0.146. The average molecular weight is 416 g/mol. The summed E-state index contributed by atoms with van der Waals surface area (Å²) in [6, 6.07) is 14.2.